The predicted octanol–water partition coefficient (Wildman–Crippen LogP) is 2.09. The highest BCUT2D eigenvalue weighted by Gasteiger charge is 2.18. The summed E-state index contributed by atoms with van der Waals surface area (Å²) in [5.74, 6) is -3.88. The van der Waals surface area contributed by atoms with Crippen molar-refractivity contribution in [2.75, 3.05) is 0 Å². The summed E-state index contributed by atoms with van der Waals surface area (Å²) in [6.45, 7) is 3.53. The third-order valence-corrected chi connectivity index (χ3v) is 2.14. The number of allylic oxidation sites excluding steroid dienone is 1. The van der Waals surface area contributed by atoms with E-state index in [2.05, 4.69) is 0 Å². The molecule has 0 radical (unpaired) electrons. The van der Waals surface area contributed by atoms with Crippen LogP contribution in [0.15, 0.2) is 30.0 Å². The third kappa shape index (κ3) is 3.74. The van der Waals surface area contributed by atoms with Crippen molar-refractivity contribution in [3.05, 3.63) is 35.6 Å². The number of aromatic hydroxyl groups is 1. The van der Waals surface area contributed by atoms with Crippen molar-refractivity contribution in [1.29, 1.82) is 0 Å². The molecular formula is C13H14O6. The van der Waals surface area contributed by atoms with Gasteiger partial charge in [0, 0.05) is 0 Å². The van der Waals surface area contributed by atoms with Crippen LogP contribution in [0.3, 0.4) is 0 Å². The summed E-state index contributed by atoms with van der Waals surface area (Å²) in [5, 5.41) is 27.5. The zero-order chi connectivity index (χ0) is 14.6. The van der Waals surface area contributed by atoms with Crippen molar-refractivity contribution in [2.24, 2.45) is 5.92 Å². The summed E-state index contributed by atoms with van der Waals surface area (Å²) in [6.07, 6.45) is 1.36. The first-order chi connectivity index (χ1) is 8.82. The highest BCUT2D eigenvalue weighted by atomic mass is 16.5. The van der Waals surface area contributed by atoms with Crippen LogP contribution in [0.2, 0.25) is 0 Å². The molecule has 0 unspecified atom stereocenters. The second-order valence-electron chi connectivity index (χ2n) is 4.14. The molecule has 1 aromatic rings. The zero-order valence-corrected chi connectivity index (χ0v) is 10.5. The summed E-state index contributed by atoms with van der Waals surface area (Å²) in [4.78, 5) is 21.8. The molecule has 0 saturated carbocycles. The number of rotatable bonds is 5. The van der Waals surface area contributed by atoms with Crippen molar-refractivity contribution >= 4 is 11.9 Å². The van der Waals surface area contributed by atoms with E-state index < -0.39 is 17.7 Å². The van der Waals surface area contributed by atoms with Gasteiger partial charge in [-0.3, -0.25) is 0 Å². The first-order valence-electron chi connectivity index (χ1n) is 5.51. The minimum absolute atomic E-state index is 0.0732. The minimum Gasteiger partial charge on any atom is -0.504 e. The van der Waals surface area contributed by atoms with Gasteiger partial charge in [-0.1, -0.05) is 19.9 Å². The first kappa shape index (κ1) is 14.6. The molecule has 3 N–H and O–H groups in total. The normalized spacial score (nSPS) is 11.4. The van der Waals surface area contributed by atoms with Crippen LogP contribution < -0.4 is 4.74 Å². The number of aromatic carboxylic acids is 1. The molecule has 6 heteroatoms. The SMILES string of the molecule is CC(C)/C=C(\Oc1cccc(C(=O)O)c1O)C(=O)O. The number of benzene rings is 1. The van der Waals surface area contributed by atoms with E-state index in [1.165, 1.54) is 24.3 Å². The van der Waals surface area contributed by atoms with E-state index in [4.69, 9.17) is 14.9 Å². The monoisotopic (exact) mass is 266 g/mol. The van der Waals surface area contributed by atoms with Gasteiger partial charge < -0.3 is 20.1 Å². The predicted molar refractivity (Wildman–Crippen MR) is 66.3 cm³/mol. The number of phenols is 1. The van der Waals surface area contributed by atoms with Crippen molar-refractivity contribution < 1.29 is 29.6 Å². The van der Waals surface area contributed by atoms with E-state index in [9.17, 15) is 14.7 Å². The van der Waals surface area contributed by atoms with E-state index in [0.717, 1.165) is 0 Å². The van der Waals surface area contributed by atoms with Gasteiger partial charge in [-0.2, -0.15) is 0 Å². The van der Waals surface area contributed by atoms with Gasteiger partial charge >= 0.3 is 11.9 Å². The van der Waals surface area contributed by atoms with Crippen LogP contribution in [0.4, 0.5) is 0 Å². The van der Waals surface area contributed by atoms with Crippen LogP contribution in [-0.4, -0.2) is 27.3 Å². The van der Waals surface area contributed by atoms with Gasteiger partial charge in [-0.05, 0) is 24.1 Å². The fourth-order valence-corrected chi connectivity index (χ4v) is 1.35. The molecule has 1 rings (SSSR count). The molecule has 0 aromatic heterocycles. The van der Waals surface area contributed by atoms with Crippen LogP contribution >= 0.6 is 0 Å². The lowest BCUT2D eigenvalue weighted by molar-refractivity contribution is -0.135. The summed E-state index contributed by atoms with van der Waals surface area (Å²) < 4.78 is 5.06. The van der Waals surface area contributed by atoms with Gasteiger partial charge in [-0.25, -0.2) is 9.59 Å². The molecule has 0 amide bonds. The fourth-order valence-electron chi connectivity index (χ4n) is 1.35. The van der Waals surface area contributed by atoms with Crippen molar-refractivity contribution in [2.45, 2.75) is 13.8 Å². The molecule has 102 valence electrons. The Balaban J connectivity index is 3.14. The summed E-state index contributed by atoms with van der Waals surface area (Å²) >= 11 is 0. The highest BCUT2D eigenvalue weighted by molar-refractivity contribution is 5.92. The fraction of sp³-hybridized carbons (Fsp3) is 0.231. The van der Waals surface area contributed by atoms with Gasteiger partial charge in [0.05, 0.1) is 0 Å². The first-order valence-corrected chi connectivity index (χ1v) is 5.51. The summed E-state index contributed by atoms with van der Waals surface area (Å²) in [7, 11) is 0. The second kappa shape index (κ2) is 5.90. The number of carbonyl (C=O) groups is 2. The van der Waals surface area contributed by atoms with E-state index in [-0.39, 0.29) is 23.0 Å². The Morgan fingerprint density at radius 3 is 2.37 bits per heavy atom. The van der Waals surface area contributed by atoms with E-state index >= 15 is 0 Å². The Bertz CT molecular complexity index is 530. The van der Waals surface area contributed by atoms with Crippen LogP contribution in [0.1, 0.15) is 24.2 Å². The number of hydrogen-bond donors (Lipinski definition) is 3. The lowest BCUT2D eigenvalue weighted by Gasteiger charge is -2.10. The Labute approximate surface area is 109 Å². The van der Waals surface area contributed by atoms with Crippen LogP contribution in [0.5, 0.6) is 11.5 Å². The maximum absolute atomic E-state index is 11.0. The molecule has 0 aliphatic rings. The Hall–Kier alpha value is -2.50. The van der Waals surface area contributed by atoms with Crippen molar-refractivity contribution in [3.8, 4) is 11.5 Å². The molecule has 0 aliphatic heterocycles. The summed E-state index contributed by atoms with van der Waals surface area (Å²) in [6, 6.07) is 3.84. The van der Waals surface area contributed by atoms with Gasteiger partial charge in [0.15, 0.2) is 11.5 Å². The second-order valence-corrected chi connectivity index (χ2v) is 4.14. The smallest absolute Gasteiger partial charge is 0.371 e. The van der Waals surface area contributed by atoms with Crippen LogP contribution in [0.25, 0.3) is 0 Å². The Morgan fingerprint density at radius 2 is 1.89 bits per heavy atom. The van der Waals surface area contributed by atoms with E-state index in [1.54, 1.807) is 13.8 Å². The molecule has 0 saturated heterocycles. The number of carboxylic acid groups (broad SMARTS) is 2. The van der Waals surface area contributed by atoms with E-state index in [0.29, 0.717) is 0 Å². The lowest BCUT2D eigenvalue weighted by atomic mass is 10.2. The van der Waals surface area contributed by atoms with Gasteiger partial charge in [0.1, 0.15) is 5.56 Å². The van der Waals surface area contributed by atoms with Gasteiger partial charge in [0.2, 0.25) is 5.76 Å². The topological polar surface area (TPSA) is 104 Å². The molecule has 0 aliphatic carbocycles. The van der Waals surface area contributed by atoms with Crippen molar-refractivity contribution in [1.82, 2.24) is 0 Å². The molecule has 0 bridgehead atoms. The highest BCUT2D eigenvalue weighted by Crippen LogP contribution is 2.31. The molecule has 6 nitrogen and oxygen atoms in total. The maximum Gasteiger partial charge on any atom is 0.371 e. The van der Waals surface area contributed by atoms with Gasteiger partial charge in [0.25, 0.3) is 0 Å². The quantitative estimate of drug-likeness (QED) is 0.557. The number of hydrogen-bond acceptors (Lipinski definition) is 4. The third-order valence-electron chi connectivity index (χ3n) is 2.14. The standard InChI is InChI=1S/C13H14O6/c1-7(2)6-10(13(17)18)19-9-5-3-4-8(11(9)14)12(15)16/h3-7,14H,1-2H3,(H,15,16)(H,17,18)/b10-6-. The zero-order valence-electron chi connectivity index (χ0n) is 10.5. The number of ether oxygens (including phenoxy) is 1. The molecule has 19 heavy (non-hydrogen) atoms. The van der Waals surface area contributed by atoms with Crippen LogP contribution in [-0.2, 0) is 4.79 Å². The van der Waals surface area contributed by atoms with E-state index in [1.807, 2.05) is 0 Å². The average molecular weight is 266 g/mol. The molecule has 0 spiro atoms. The lowest BCUT2D eigenvalue weighted by Crippen LogP contribution is -2.10. The minimum atomic E-state index is -1.33. The Morgan fingerprint density at radius 1 is 1.26 bits per heavy atom. The number of carboxylic acids is 2. The van der Waals surface area contributed by atoms with Gasteiger partial charge in [-0.15, -0.1) is 0 Å². The number of para-hydroxylation sites is 1. The molecule has 0 fully saturated rings. The maximum atomic E-state index is 11.0. The molecule has 0 atom stereocenters. The summed E-state index contributed by atoms with van der Waals surface area (Å²) in [5.41, 5.74) is -0.355. The molecule has 0 heterocycles. The number of aliphatic carboxylic acids is 1. The average Bonchev–Trinajstić information content (AvgIpc) is 2.29. The molecule has 1 aromatic carbocycles. The molecular weight excluding hydrogens is 252 g/mol. The Kier molecular flexibility index (Phi) is 4.52. The van der Waals surface area contributed by atoms with Crippen molar-refractivity contribution in [3.63, 3.8) is 0 Å². The van der Waals surface area contributed by atoms with Crippen LogP contribution in [0, 0.1) is 5.92 Å². The largest absolute Gasteiger partial charge is 0.504 e.